The summed E-state index contributed by atoms with van der Waals surface area (Å²) in [4.78, 5) is 12.5. The molecule has 0 saturated heterocycles. The van der Waals surface area contributed by atoms with Crippen molar-refractivity contribution in [1.82, 2.24) is 5.43 Å². The minimum atomic E-state index is -3.69. The van der Waals surface area contributed by atoms with Crippen LogP contribution in [0.1, 0.15) is 22.3 Å². The lowest BCUT2D eigenvalue weighted by Gasteiger charge is -2.22. The minimum Gasteiger partial charge on any atom is -0.493 e. The number of benzene rings is 3. The standard InChI is InChI=1S/C26H27BrClN3O5S/c1-17-9-10-21(11-18(17)2)31(37(4,33)34)15-25(32)30-29-14-19-12-22(27)26(24(13-19)35-3)36-16-20-7-5-6-8-23(20)28/h5-14H,15-16H2,1-4H3,(H,30,32)/b29-14+. The maximum absolute atomic E-state index is 12.5. The molecule has 3 aromatic rings. The Morgan fingerprint density at radius 3 is 2.51 bits per heavy atom. The first-order valence-electron chi connectivity index (χ1n) is 11.1. The van der Waals surface area contributed by atoms with Crippen LogP contribution in [0.4, 0.5) is 5.69 Å². The fraction of sp³-hybridized carbons (Fsp3) is 0.231. The molecule has 0 saturated carbocycles. The molecule has 0 atom stereocenters. The summed E-state index contributed by atoms with van der Waals surface area (Å²) in [6, 6.07) is 16.0. The van der Waals surface area contributed by atoms with Crippen LogP contribution in [-0.2, 0) is 21.4 Å². The molecule has 0 spiro atoms. The number of carbonyl (C=O) groups is 1. The van der Waals surface area contributed by atoms with Gasteiger partial charge < -0.3 is 9.47 Å². The van der Waals surface area contributed by atoms with E-state index in [1.165, 1.54) is 13.3 Å². The number of rotatable bonds is 10. The van der Waals surface area contributed by atoms with Crippen molar-refractivity contribution in [2.45, 2.75) is 20.5 Å². The Labute approximate surface area is 230 Å². The smallest absolute Gasteiger partial charge is 0.260 e. The number of nitrogens with zero attached hydrogens (tertiary/aromatic N) is 2. The summed E-state index contributed by atoms with van der Waals surface area (Å²) in [7, 11) is -2.18. The number of nitrogens with one attached hydrogen (secondary N) is 1. The van der Waals surface area contributed by atoms with Gasteiger partial charge in [0.05, 0.1) is 29.7 Å². The fourth-order valence-corrected chi connectivity index (χ4v) is 4.96. The first-order chi connectivity index (χ1) is 17.5. The highest BCUT2D eigenvalue weighted by atomic mass is 79.9. The van der Waals surface area contributed by atoms with Gasteiger partial charge in [-0.05, 0) is 76.8 Å². The van der Waals surface area contributed by atoms with E-state index < -0.39 is 22.5 Å². The predicted octanol–water partition coefficient (Wildman–Crippen LogP) is 5.22. The van der Waals surface area contributed by atoms with Gasteiger partial charge in [0.1, 0.15) is 13.2 Å². The van der Waals surface area contributed by atoms with E-state index in [2.05, 4.69) is 26.5 Å². The number of aryl methyl sites for hydroxylation is 2. The average Bonchev–Trinajstić information content (AvgIpc) is 2.83. The highest BCUT2D eigenvalue weighted by Gasteiger charge is 2.21. The lowest BCUT2D eigenvalue weighted by molar-refractivity contribution is -0.119. The largest absolute Gasteiger partial charge is 0.493 e. The molecule has 0 heterocycles. The van der Waals surface area contributed by atoms with Gasteiger partial charge in [0, 0.05) is 10.6 Å². The molecular weight excluding hydrogens is 582 g/mol. The van der Waals surface area contributed by atoms with E-state index in [-0.39, 0.29) is 6.61 Å². The number of sulfonamides is 1. The number of hydrazone groups is 1. The Morgan fingerprint density at radius 2 is 1.86 bits per heavy atom. The number of hydrogen-bond donors (Lipinski definition) is 1. The van der Waals surface area contributed by atoms with Crippen LogP contribution in [0.3, 0.4) is 0 Å². The van der Waals surface area contributed by atoms with E-state index >= 15 is 0 Å². The maximum Gasteiger partial charge on any atom is 0.260 e. The van der Waals surface area contributed by atoms with Crippen molar-refractivity contribution in [1.29, 1.82) is 0 Å². The quantitative estimate of drug-likeness (QED) is 0.251. The molecule has 0 aliphatic heterocycles. The van der Waals surface area contributed by atoms with Crippen molar-refractivity contribution in [2.24, 2.45) is 5.10 Å². The molecule has 11 heteroatoms. The molecule has 3 rings (SSSR count). The van der Waals surface area contributed by atoms with Gasteiger partial charge in [-0.25, -0.2) is 13.8 Å². The molecule has 0 aliphatic rings. The molecular formula is C26H27BrClN3O5S. The topological polar surface area (TPSA) is 97.3 Å². The maximum atomic E-state index is 12.5. The normalized spacial score (nSPS) is 11.4. The van der Waals surface area contributed by atoms with Crippen LogP contribution >= 0.6 is 27.5 Å². The van der Waals surface area contributed by atoms with Crippen LogP contribution in [0.5, 0.6) is 11.5 Å². The molecule has 37 heavy (non-hydrogen) atoms. The molecule has 196 valence electrons. The van der Waals surface area contributed by atoms with Crippen LogP contribution in [0, 0.1) is 13.8 Å². The van der Waals surface area contributed by atoms with E-state index in [0.717, 1.165) is 27.3 Å². The number of anilines is 1. The van der Waals surface area contributed by atoms with Gasteiger partial charge in [0.15, 0.2) is 11.5 Å². The SMILES string of the molecule is COc1cc(/C=N/NC(=O)CN(c2ccc(C)c(C)c2)S(C)(=O)=O)cc(Br)c1OCc1ccccc1Cl. The number of hydrogen-bond acceptors (Lipinski definition) is 6. The molecule has 0 aromatic heterocycles. The van der Waals surface area contributed by atoms with Gasteiger partial charge in [0.25, 0.3) is 5.91 Å². The summed E-state index contributed by atoms with van der Waals surface area (Å²) in [5.74, 6) is 0.346. The van der Waals surface area contributed by atoms with Crippen molar-refractivity contribution >= 4 is 55.4 Å². The Hall–Kier alpha value is -3.08. The van der Waals surface area contributed by atoms with Crippen LogP contribution in [0.2, 0.25) is 5.02 Å². The Bertz CT molecular complexity index is 1430. The zero-order valence-corrected chi connectivity index (χ0v) is 23.9. The second-order valence-corrected chi connectivity index (χ2v) is 11.4. The summed E-state index contributed by atoms with van der Waals surface area (Å²) >= 11 is 9.69. The van der Waals surface area contributed by atoms with Gasteiger partial charge in [-0.3, -0.25) is 9.10 Å². The Morgan fingerprint density at radius 1 is 1.14 bits per heavy atom. The van der Waals surface area contributed by atoms with E-state index in [9.17, 15) is 13.2 Å². The zero-order chi connectivity index (χ0) is 27.2. The fourth-order valence-electron chi connectivity index (χ4n) is 3.35. The third-order valence-electron chi connectivity index (χ3n) is 5.45. The highest BCUT2D eigenvalue weighted by molar-refractivity contribution is 9.10. The molecule has 8 nitrogen and oxygen atoms in total. The second-order valence-electron chi connectivity index (χ2n) is 8.25. The Kier molecular flexibility index (Phi) is 9.58. The summed E-state index contributed by atoms with van der Waals surface area (Å²) in [5.41, 5.74) is 6.17. The van der Waals surface area contributed by atoms with E-state index in [4.69, 9.17) is 21.1 Å². The van der Waals surface area contributed by atoms with Crippen LogP contribution in [-0.4, -0.2) is 40.4 Å². The van der Waals surface area contributed by atoms with Crippen LogP contribution < -0.4 is 19.2 Å². The molecule has 1 amide bonds. The number of carbonyl (C=O) groups excluding carboxylic acids is 1. The number of ether oxygens (including phenoxy) is 2. The average molecular weight is 609 g/mol. The van der Waals surface area contributed by atoms with Gasteiger partial charge in [0.2, 0.25) is 10.0 Å². The first-order valence-corrected chi connectivity index (χ1v) is 14.1. The van der Waals surface area contributed by atoms with Crippen molar-refractivity contribution in [3.8, 4) is 11.5 Å². The molecule has 0 bridgehead atoms. The summed E-state index contributed by atoms with van der Waals surface area (Å²) in [6.07, 6.45) is 2.47. The van der Waals surface area contributed by atoms with Crippen molar-refractivity contribution in [2.75, 3.05) is 24.2 Å². The van der Waals surface area contributed by atoms with Gasteiger partial charge in [-0.1, -0.05) is 35.9 Å². The minimum absolute atomic E-state index is 0.246. The molecule has 0 fully saturated rings. The summed E-state index contributed by atoms with van der Waals surface area (Å²) < 4.78 is 37.7. The lowest BCUT2D eigenvalue weighted by Crippen LogP contribution is -2.39. The summed E-state index contributed by atoms with van der Waals surface area (Å²) in [5, 5.41) is 4.57. The molecule has 0 radical (unpaired) electrons. The first kappa shape index (κ1) is 28.5. The van der Waals surface area contributed by atoms with E-state index in [1.807, 2.05) is 38.1 Å². The Balaban J connectivity index is 1.69. The monoisotopic (exact) mass is 607 g/mol. The molecule has 0 unspecified atom stereocenters. The molecule has 3 aromatic carbocycles. The van der Waals surface area contributed by atoms with Gasteiger partial charge in [-0.2, -0.15) is 5.10 Å². The zero-order valence-electron chi connectivity index (χ0n) is 20.8. The highest BCUT2D eigenvalue weighted by Crippen LogP contribution is 2.37. The molecule has 0 aliphatic carbocycles. The summed E-state index contributed by atoms with van der Waals surface area (Å²) in [6.45, 7) is 3.63. The molecule has 1 N–H and O–H groups in total. The lowest BCUT2D eigenvalue weighted by atomic mass is 10.1. The van der Waals surface area contributed by atoms with Crippen LogP contribution in [0.15, 0.2) is 64.2 Å². The second kappa shape index (κ2) is 12.4. The van der Waals surface area contributed by atoms with Crippen molar-refractivity contribution < 1.29 is 22.7 Å². The number of halogens is 2. The van der Waals surface area contributed by atoms with Gasteiger partial charge in [-0.15, -0.1) is 0 Å². The van der Waals surface area contributed by atoms with Crippen molar-refractivity contribution in [3.05, 3.63) is 86.3 Å². The van der Waals surface area contributed by atoms with Crippen molar-refractivity contribution in [3.63, 3.8) is 0 Å². The number of methoxy groups -OCH3 is 1. The van der Waals surface area contributed by atoms with E-state index in [0.29, 0.717) is 32.2 Å². The van der Waals surface area contributed by atoms with Gasteiger partial charge >= 0.3 is 0 Å². The third kappa shape index (κ3) is 7.70. The predicted molar refractivity (Wildman–Crippen MR) is 150 cm³/mol. The van der Waals surface area contributed by atoms with E-state index in [1.54, 1.807) is 30.3 Å². The number of amides is 1. The third-order valence-corrected chi connectivity index (χ3v) is 7.55. The van der Waals surface area contributed by atoms with Crippen LogP contribution in [0.25, 0.3) is 0 Å².